The van der Waals surface area contributed by atoms with Gasteiger partial charge < -0.3 is 15.3 Å². The van der Waals surface area contributed by atoms with E-state index in [0.29, 0.717) is 0 Å². The maximum Gasteiger partial charge on any atom is 0.123 e. The van der Waals surface area contributed by atoms with Gasteiger partial charge in [0.25, 0.3) is 0 Å². The number of aliphatic hydroxyl groups excluding tert-OH is 2. The summed E-state index contributed by atoms with van der Waals surface area (Å²) in [6.45, 7) is 0. The number of hydrogen-bond acceptors (Lipinski definition) is 3. The van der Waals surface area contributed by atoms with E-state index in [1.807, 2.05) is 0 Å². The molecule has 2 unspecified atom stereocenters. The highest BCUT2D eigenvalue weighted by Crippen LogP contribution is 2.27. The molecule has 0 aliphatic rings. The molecule has 2 atom stereocenters. The van der Waals surface area contributed by atoms with Crippen molar-refractivity contribution in [2.24, 2.45) is 0 Å². The van der Waals surface area contributed by atoms with E-state index in [2.05, 4.69) is 15.9 Å². The van der Waals surface area contributed by atoms with Crippen LogP contribution in [0.4, 0.5) is 4.39 Å². The summed E-state index contributed by atoms with van der Waals surface area (Å²) in [5.41, 5.74) is -0.0167. The minimum atomic E-state index is -1.30. The molecule has 0 spiro atoms. The Morgan fingerprint density at radius 1 is 1.36 bits per heavy atom. The van der Waals surface area contributed by atoms with E-state index < -0.39 is 18.0 Å². The number of benzene rings is 1. The molecule has 1 aromatic carbocycles. The Bertz CT molecular complexity index is 319. The van der Waals surface area contributed by atoms with Gasteiger partial charge in [-0.3, -0.25) is 0 Å². The van der Waals surface area contributed by atoms with E-state index in [0.717, 1.165) is 18.2 Å². The first-order valence-corrected chi connectivity index (χ1v) is 5.09. The van der Waals surface area contributed by atoms with Crippen LogP contribution in [0, 0.1) is 5.82 Å². The molecule has 1 aromatic rings. The molecule has 78 valence electrons. The van der Waals surface area contributed by atoms with Crippen LogP contribution < -0.4 is 0 Å². The van der Waals surface area contributed by atoms with Crippen molar-refractivity contribution in [1.82, 2.24) is 0 Å². The Morgan fingerprint density at radius 3 is 2.57 bits per heavy atom. The van der Waals surface area contributed by atoms with Gasteiger partial charge in [-0.1, -0.05) is 15.9 Å². The van der Waals surface area contributed by atoms with Crippen molar-refractivity contribution in [1.29, 1.82) is 0 Å². The summed E-state index contributed by atoms with van der Waals surface area (Å²) >= 11 is 2.97. The molecule has 3 N–H and O–H groups in total. The van der Waals surface area contributed by atoms with Crippen molar-refractivity contribution in [3.63, 3.8) is 0 Å². The number of aliphatic hydroxyl groups is 2. The molecule has 0 fully saturated rings. The lowest BCUT2D eigenvalue weighted by molar-refractivity contribution is 0.0326. The molecule has 0 aliphatic heterocycles. The van der Waals surface area contributed by atoms with Crippen molar-refractivity contribution >= 4 is 15.9 Å². The average Bonchev–Trinajstić information content (AvgIpc) is 2.19. The predicted molar refractivity (Wildman–Crippen MR) is 52.8 cm³/mol. The highest BCUT2D eigenvalue weighted by Gasteiger charge is 2.20. The second-order valence-corrected chi connectivity index (χ2v) is 3.52. The summed E-state index contributed by atoms with van der Waals surface area (Å²) in [5.74, 6) is -0.808. The van der Waals surface area contributed by atoms with Gasteiger partial charge in [-0.25, -0.2) is 4.39 Å². The number of hydrogen-bond donors (Lipinski definition) is 3. The van der Waals surface area contributed by atoms with Gasteiger partial charge in [-0.15, -0.1) is 0 Å². The first kappa shape index (κ1) is 11.4. The zero-order valence-electron chi connectivity index (χ0n) is 7.19. The molecule has 3 nitrogen and oxygen atoms in total. The standard InChI is InChI=1S/C9H10BrFO3/c10-4-8(13)9(14)6-3-5(11)1-2-7(6)12/h1-3,8-9,12-14H,4H2. The number of halogens is 2. The van der Waals surface area contributed by atoms with Crippen molar-refractivity contribution in [3.8, 4) is 5.75 Å². The van der Waals surface area contributed by atoms with Crippen LogP contribution >= 0.6 is 15.9 Å². The summed E-state index contributed by atoms with van der Waals surface area (Å²) in [6, 6.07) is 3.20. The van der Waals surface area contributed by atoms with Crippen LogP contribution in [0.25, 0.3) is 0 Å². The first-order chi connectivity index (χ1) is 6.56. The van der Waals surface area contributed by atoms with Gasteiger partial charge in [-0.2, -0.15) is 0 Å². The fraction of sp³-hybridized carbons (Fsp3) is 0.333. The summed E-state index contributed by atoms with van der Waals surface area (Å²) < 4.78 is 12.8. The number of phenols is 1. The molecule has 0 aromatic heterocycles. The largest absolute Gasteiger partial charge is 0.508 e. The monoisotopic (exact) mass is 264 g/mol. The molecule has 0 heterocycles. The molecule has 0 saturated carbocycles. The van der Waals surface area contributed by atoms with Gasteiger partial charge in [0, 0.05) is 10.9 Å². The Morgan fingerprint density at radius 2 is 2.00 bits per heavy atom. The zero-order chi connectivity index (χ0) is 10.7. The number of alkyl halides is 1. The summed E-state index contributed by atoms with van der Waals surface area (Å²) in [4.78, 5) is 0. The van der Waals surface area contributed by atoms with Crippen LogP contribution in [0.15, 0.2) is 18.2 Å². The van der Waals surface area contributed by atoms with Crippen molar-refractivity contribution in [2.75, 3.05) is 5.33 Å². The van der Waals surface area contributed by atoms with Crippen LogP contribution in [-0.4, -0.2) is 26.8 Å². The van der Waals surface area contributed by atoms with Gasteiger partial charge in [0.15, 0.2) is 0 Å². The summed E-state index contributed by atoms with van der Waals surface area (Å²) in [7, 11) is 0. The van der Waals surface area contributed by atoms with E-state index in [9.17, 15) is 19.7 Å². The molecular weight excluding hydrogens is 255 g/mol. The minimum Gasteiger partial charge on any atom is -0.508 e. The molecular formula is C9H10BrFO3. The van der Waals surface area contributed by atoms with Crippen LogP contribution in [0.5, 0.6) is 5.75 Å². The van der Waals surface area contributed by atoms with E-state index in [1.54, 1.807) is 0 Å². The smallest absolute Gasteiger partial charge is 0.123 e. The van der Waals surface area contributed by atoms with E-state index >= 15 is 0 Å². The SMILES string of the molecule is Oc1ccc(F)cc1C(O)C(O)CBr. The number of phenolic OH excluding ortho intramolecular Hbond substituents is 1. The topological polar surface area (TPSA) is 60.7 Å². The van der Waals surface area contributed by atoms with Crippen molar-refractivity contribution < 1.29 is 19.7 Å². The Labute approximate surface area is 88.9 Å². The third-order valence-electron chi connectivity index (χ3n) is 1.83. The number of aromatic hydroxyl groups is 1. The van der Waals surface area contributed by atoms with Gasteiger partial charge in [-0.05, 0) is 18.2 Å². The fourth-order valence-electron chi connectivity index (χ4n) is 1.05. The molecule has 0 amide bonds. The quantitative estimate of drug-likeness (QED) is 0.722. The number of rotatable bonds is 3. The molecule has 0 saturated heterocycles. The Hall–Kier alpha value is -0.650. The second kappa shape index (κ2) is 4.72. The van der Waals surface area contributed by atoms with Gasteiger partial charge >= 0.3 is 0 Å². The highest BCUT2D eigenvalue weighted by molar-refractivity contribution is 9.09. The van der Waals surface area contributed by atoms with Gasteiger partial charge in [0.2, 0.25) is 0 Å². The normalized spacial score (nSPS) is 15.1. The van der Waals surface area contributed by atoms with Crippen molar-refractivity contribution in [3.05, 3.63) is 29.6 Å². The minimum absolute atomic E-state index is 0.0167. The third-order valence-corrected chi connectivity index (χ3v) is 2.49. The Balaban J connectivity index is 2.99. The maximum absolute atomic E-state index is 12.8. The van der Waals surface area contributed by atoms with Gasteiger partial charge in [0.1, 0.15) is 17.7 Å². The molecule has 0 aliphatic carbocycles. The lowest BCUT2D eigenvalue weighted by atomic mass is 10.0. The summed E-state index contributed by atoms with van der Waals surface area (Å²) in [5, 5.41) is 28.2. The molecule has 0 bridgehead atoms. The molecule has 5 heteroatoms. The zero-order valence-corrected chi connectivity index (χ0v) is 8.78. The molecule has 1 rings (SSSR count). The first-order valence-electron chi connectivity index (χ1n) is 3.96. The van der Waals surface area contributed by atoms with E-state index in [-0.39, 0.29) is 16.6 Å². The van der Waals surface area contributed by atoms with E-state index in [4.69, 9.17) is 0 Å². The van der Waals surface area contributed by atoms with Crippen LogP contribution in [0.1, 0.15) is 11.7 Å². The average molecular weight is 265 g/mol. The Kier molecular flexibility index (Phi) is 3.86. The predicted octanol–water partition coefficient (Wildman–Crippen LogP) is 1.32. The lowest BCUT2D eigenvalue weighted by Gasteiger charge is -2.16. The summed E-state index contributed by atoms with van der Waals surface area (Å²) in [6.07, 6.45) is -2.38. The van der Waals surface area contributed by atoms with Gasteiger partial charge in [0.05, 0.1) is 6.10 Å². The highest BCUT2D eigenvalue weighted by atomic mass is 79.9. The maximum atomic E-state index is 12.8. The van der Waals surface area contributed by atoms with E-state index in [1.165, 1.54) is 0 Å². The lowest BCUT2D eigenvalue weighted by Crippen LogP contribution is -2.19. The molecule has 0 radical (unpaired) electrons. The van der Waals surface area contributed by atoms with Crippen LogP contribution in [0.3, 0.4) is 0 Å². The third kappa shape index (κ3) is 2.43. The molecule has 14 heavy (non-hydrogen) atoms. The fourth-order valence-corrected chi connectivity index (χ4v) is 1.41. The van der Waals surface area contributed by atoms with Crippen LogP contribution in [-0.2, 0) is 0 Å². The van der Waals surface area contributed by atoms with Crippen LogP contribution in [0.2, 0.25) is 0 Å². The van der Waals surface area contributed by atoms with Crippen molar-refractivity contribution in [2.45, 2.75) is 12.2 Å². The second-order valence-electron chi connectivity index (χ2n) is 2.87.